The van der Waals surface area contributed by atoms with E-state index in [2.05, 4.69) is 34.2 Å². The van der Waals surface area contributed by atoms with Crippen molar-refractivity contribution in [3.05, 3.63) is 53.3 Å². The molecule has 1 aliphatic rings. The molecular weight excluding hydrogens is 314 g/mol. The van der Waals surface area contributed by atoms with Gasteiger partial charge in [-0.25, -0.2) is 0 Å². The average molecular weight is 341 g/mol. The lowest BCUT2D eigenvalue weighted by Crippen LogP contribution is -2.49. The summed E-state index contributed by atoms with van der Waals surface area (Å²) < 4.78 is 5.49. The van der Waals surface area contributed by atoms with Gasteiger partial charge in [0, 0.05) is 25.0 Å². The molecule has 0 aliphatic carbocycles. The van der Waals surface area contributed by atoms with Gasteiger partial charge in [0.1, 0.15) is 0 Å². The molecule has 1 N–H and O–H groups in total. The normalized spacial score (nSPS) is 21.2. The van der Waals surface area contributed by atoms with Crippen LogP contribution in [0.5, 0.6) is 0 Å². The number of nitrogens with one attached hydrogen (secondary N) is 1. The van der Waals surface area contributed by atoms with Gasteiger partial charge in [0.25, 0.3) is 0 Å². The monoisotopic (exact) mass is 341 g/mol. The predicted octanol–water partition coefficient (Wildman–Crippen LogP) is 3.11. The van der Waals surface area contributed by atoms with Gasteiger partial charge >= 0.3 is 5.97 Å². The lowest BCUT2D eigenvalue weighted by Gasteiger charge is -2.41. The van der Waals surface area contributed by atoms with Crippen molar-refractivity contribution in [1.29, 1.82) is 0 Å². The third kappa shape index (κ3) is 4.10. The first kappa shape index (κ1) is 17.7. The summed E-state index contributed by atoms with van der Waals surface area (Å²) >= 11 is 0. The number of aromatic nitrogens is 2. The van der Waals surface area contributed by atoms with Crippen molar-refractivity contribution in [3.63, 3.8) is 0 Å². The number of likely N-dealkylation sites (tertiary alicyclic amines) is 1. The summed E-state index contributed by atoms with van der Waals surface area (Å²) in [5.74, 6) is -0.0624. The minimum absolute atomic E-state index is 0.0624. The van der Waals surface area contributed by atoms with Gasteiger partial charge in [-0.15, -0.1) is 0 Å². The van der Waals surface area contributed by atoms with Crippen molar-refractivity contribution in [3.8, 4) is 0 Å². The highest BCUT2D eigenvalue weighted by Crippen LogP contribution is 2.36. The van der Waals surface area contributed by atoms with E-state index in [-0.39, 0.29) is 5.97 Å². The minimum Gasteiger partial charge on any atom is -0.466 e. The molecule has 1 aliphatic heterocycles. The number of hydrogen-bond acceptors (Lipinski definition) is 4. The maximum Gasteiger partial charge on any atom is 0.313 e. The molecule has 0 bridgehead atoms. The Morgan fingerprint density at radius 2 is 2.20 bits per heavy atom. The van der Waals surface area contributed by atoms with E-state index in [1.807, 2.05) is 25.1 Å². The van der Waals surface area contributed by atoms with Crippen LogP contribution in [0.15, 0.2) is 36.5 Å². The van der Waals surface area contributed by atoms with Crippen LogP contribution in [0.25, 0.3) is 0 Å². The van der Waals surface area contributed by atoms with Crippen LogP contribution in [-0.4, -0.2) is 40.8 Å². The maximum absolute atomic E-state index is 12.9. The summed E-state index contributed by atoms with van der Waals surface area (Å²) in [4.78, 5) is 15.3. The molecule has 1 aromatic carbocycles. The number of aryl methyl sites for hydroxylation is 1. The number of hydrogen-bond donors (Lipinski definition) is 1. The lowest BCUT2D eigenvalue weighted by molar-refractivity contribution is -0.159. The SMILES string of the molecule is CCOC(=O)[C@@]1(Cc2ccccc2C)CCCN(Cc2ccn[nH]2)C1. The Labute approximate surface area is 149 Å². The van der Waals surface area contributed by atoms with Gasteiger partial charge in [0.2, 0.25) is 0 Å². The van der Waals surface area contributed by atoms with E-state index in [4.69, 9.17) is 4.74 Å². The third-order valence-electron chi connectivity index (χ3n) is 5.11. The first-order valence-electron chi connectivity index (χ1n) is 9.05. The molecule has 0 spiro atoms. The van der Waals surface area contributed by atoms with Crippen LogP contribution in [0, 0.1) is 12.3 Å². The number of benzene rings is 1. The molecule has 134 valence electrons. The zero-order chi connectivity index (χ0) is 17.7. The first-order chi connectivity index (χ1) is 12.1. The number of H-pyrrole nitrogens is 1. The number of esters is 1. The molecule has 5 heteroatoms. The van der Waals surface area contributed by atoms with Gasteiger partial charge in [-0.3, -0.25) is 14.8 Å². The quantitative estimate of drug-likeness (QED) is 0.820. The zero-order valence-corrected chi connectivity index (χ0v) is 15.1. The van der Waals surface area contributed by atoms with Crippen molar-refractivity contribution >= 4 is 5.97 Å². The fourth-order valence-electron chi connectivity index (χ4n) is 3.82. The average Bonchev–Trinajstić information content (AvgIpc) is 3.10. The Balaban J connectivity index is 1.83. The second kappa shape index (κ2) is 7.83. The fourth-order valence-corrected chi connectivity index (χ4v) is 3.82. The number of carbonyl (C=O) groups excluding carboxylic acids is 1. The van der Waals surface area contributed by atoms with E-state index in [9.17, 15) is 4.79 Å². The second-order valence-corrected chi connectivity index (χ2v) is 7.00. The maximum atomic E-state index is 12.9. The second-order valence-electron chi connectivity index (χ2n) is 7.00. The highest BCUT2D eigenvalue weighted by molar-refractivity contribution is 5.78. The smallest absolute Gasteiger partial charge is 0.313 e. The van der Waals surface area contributed by atoms with Gasteiger partial charge in [-0.2, -0.15) is 5.10 Å². The molecule has 2 aromatic rings. The van der Waals surface area contributed by atoms with Crippen LogP contribution in [0.4, 0.5) is 0 Å². The van der Waals surface area contributed by atoms with Gasteiger partial charge in [0.05, 0.1) is 12.0 Å². The van der Waals surface area contributed by atoms with Crippen LogP contribution in [0.1, 0.15) is 36.6 Å². The van der Waals surface area contributed by atoms with E-state index in [1.165, 1.54) is 11.1 Å². The van der Waals surface area contributed by atoms with E-state index < -0.39 is 5.41 Å². The molecular formula is C20H27N3O2. The molecule has 25 heavy (non-hydrogen) atoms. The van der Waals surface area contributed by atoms with E-state index in [1.54, 1.807) is 6.20 Å². The Bertz CT molecular complexity index is 699. The number of aromatic amines is 1. The third-order valence-corrected chi connectivity index (χ3v) is 5.11. The van der Waals surface area contributed by atoms with Gasteiger partial charge in [-0.1, -0.05) is 24.3 Å². The molecule has 0 unspecified atom stereocenters. The molecule has 2 heterocycles. The topological polar surface area (TPSA) is 58.2 Å². The van der Waals surface area contributed by atoms with Crippen molar-refractivity contribution in [2.24, 2.45) is 5.41 Å². The minimum atomic E-state index is -0.472. The predicted molar refractivity (Wildman–Crippen MR) is 97.0 cm³/mol. The summed E-state index contributed by atoms with van der Waals surface area (Å²) in [5, 5.41) is 7.04. The van der Waals surface area contributed by atoms with Crippen LogP contribution in [0.3, 0.4) is 0 Å². The lowest BCUT2D eigenvalue weighted by atomic mass is 9.74. The Morgan fingerprint density at radius 1 is 1.36 bits per heavy atom. The number of ether oxygens (including phenoxy) is 1. The van der Waals surface area contributed by atoms with Gasteiger partial charge in [0.15, 0.2) is 0 Å². The fraction of sp³-hybridized carbons (Fsp3) is 0.500. The molecule has 3 rings (SSSR count). The Hall–Kier alpha value is -2.14. The van der Waals surface area contributed by atoms with E-state index >= 15 is 0 Å². The molecule has 5 nitrogen and oxygen atoms in total. The van der Waals surface area contributed by atoms with Gasteiger partial charge < -0.3 is 4.74 Å². The van der Waals surface area contributed by atoms with Crippen LogP contribution < -0.4 is 0 Å². The molecule has 1 atom stereocenters. The molecule has 1 aromatic heterocycles. The zero-order valence-electron chi connectivity index (χ0n) is 15.1. The van der Waals surface area contributed by atoms with Crippen molar-refractivity contribution in [2.75, 3.05) is 19.7 Å². The van der Waals surface area contributed by atoms with Crippen LogP contribution >= 0.6 is 0 Å². The highest BCUT2D eigenvalue weighted by Gasteiger charge is 2.43. The summed E-state index contributed by atoms with van der Waals surface area (Å²) in [6, 6.07) is 10.3. The first-order valence-corrected chi connectivity index (χ1v) is 9.05. The number of rotatable bonds is 6. The summed E-state index contributed by atoms with van der Waals surface area (Å²) in [6.45, 7) is 6.92. The van der Waals surface area contributed by atoms with E-state index in [0.29, 0.717) is 6.61 Å². The number of carbonyl (C=O) groups is 1. The van der Waals surface area contributed by atoms with Crippen molar-refractivity contribution < 1.29 is 9.53 Å². The molecule has 0 amide bonds. The van der Waals surface area contributed by atoms with Crippen LogP contribution in [-0.2, 0) is 22.5 Å². The van der Waals surface area contributed by atoms with Crippen LogP contribution in [0.2, 0.25) is 0 Å². The largest absolute Gasteiger partial charge is 0.466 e. The van der Waals surface area contributed by atoms with Gasteiger partial charge in [-0.05, 0) is 56.8 Å². The molecule has 0 radical (unpaired) electrons. The van der Waals surface area contributed by atoms with E-state index in [0.717, 1.165) is 44.6 Å². The number of nitrogens with zero attached hydrogens (tertiary/aromatic N) is 2. The Morgan fingerprint density at radius 3 is 2.92 bits per heavy atom. The Kier molecular flexibility index (Phi) is 5.53. The molecule has 1 saturated heterocycles. The molecule has 1 fully saturated rings. The summed E-state index contributed by atoms with van der Waals surface area (Å²) in [6.07, 6.45) is 4.38. The summed E-state index contributed by atoms with van der Waals surface area (Å²) in [5.41, 5.74) is 3.08. The van der Waals surface area contributed by atoms with Crippen molar-refractivity contribution in [2.45, 2.75) is 39.7 Å². The standard InChI is InChI=1S/C20H27N3O2/c1-3-25-19(24)20(13-17-8-5-4-7-16(17)2)10-6-12-23(15-20)14-18-9-11-21-22-18/h4-5,7-9,11H,3,6,10,12-15H2,1-2H3,(H,21,22)/t20-/m1/s1. The summed E-state index contributed by atoms with van der Waals surface area (Å²) in [7, 11) is 0. The molecule has 0 saturated carbocycles. The highest BCUT2D eigenvalue weighted by atomic mass is 16.5. The number of piperidine rings is 1. The van der Waals surface area contributed by atoms with Crippen molar-refractivity contribution in [1.82, 2.24) is 15.1 Å².